The maximum absolute atomic E-state index is 7.11. The number of aliphatic imine (C=N–C) groups is 2. The van der Waals surface area contributed by atoms with E-state index in [1.54, 1.807) is 0 Å². The summed E-state index contributed by atoms with van der Waals surface area (Å²) in [5.74, 6) is 0.862. The molecule has 64 heavy (non-hydrogen) atoms. The van der Waals surface area contributed by atoms with Gasteiger partial charge in [-0.05, 0) is 83.4 Å². The minimum atomic E-state index is 0.344. The molecule has 9 aromatic carbocycles. The second-order valence-corrected chi connectivity index (χ2v) is 17.3. The van der Waals surface area contributed by atoms with Gasteiger partial charge < -0.3 is 19.1 Å². The Labute approximate surface area is 370 Å². The van der Waals surface area contributed by atoms with Crippen molar-refractivity contribution >= 4 is 109 Å². The second-order valence-electron chi connectivity index (χ2n) is 16.2. The van der Waals surface area contributed by atoms with Gasteiger partial charge >= 0.3 is 0 Å². The zero-order valence-corrected chi connectivity index (χ0v) is 35.1. The monoisotopic (exact) mass is 840 g/mol. The van der Waals surface area contributed by atoms with Crippen molar-refractivity contribution in [3.05, 3.63) is 211 Å². The van der Waals surface area contributed by atoms with Crippen molar-refractivity contribution in [1.82, 2.24) is 4.57 Å². The van der Waals surface area contributed by atoms with Gasteiger partial charge in [-0.25, -0.2) is 4.99 Å². The van der Waals surface area contributed by atoms with E-state index in [0.717, 1.165) is 71.7 Å². The third-order valence-electron chi connectivity index (χ3n) is 12.5. The first-order valence-electron chi connectivity index (χ1n) is 21.4. The lowest BCUT2D eigenvalue weighted by Crippen LogP contribution is -2.17. The van der Waals surface area contributed by atoms with E-state index in [1.807, 2.05) is 78.1 Å². The molecule has 0 saturated heterocycles. The first-order valence-corrected chi connectivity index (χ1v) is 22.2. The number of aromatic nitrogens is 1. The predicted molar refractivity (Wildman–Crippen MR) is 268 cm³/mol. The Morgan fingerprint density at radius 2 is 1.16 bits per heavy atom. The average molecular weight is 841 g/mol. The number of para-hydroxylation sites is 3. The van der Waals surface area contributed by atoms with Gasteiger partial charge in [0.15, 0.2) is 5.84 Å². The summed E-state index contributed by atoms with van der Waals surface area (Å²) in [6.07, 6.45) is 0. The Morgan fingerprint density at radius 1 is 0.500 bits per heavy atom. The lowest BCUT2D eigenvalue weighted by molar-refractivity contribution is 0.668. The summed E-state index contributed by atoms with van der Waals surface area (Å²) in [4.78, 5) is 10.2. The Balaban J connectivity index is 0.976. The molecular weight excluding hydrogens is 805 g/mol. The molecule has 0 spiro atoms. The summed E-state index contributed by atoms with van der Waals surface area (Å²) in [7, 11) is 0. The third-order valence-corrected chi connectivity index (χ3v) is 13.6. The van der Waals surface area contributed by atoms with Crippen molar-refractivity contribution in [2.45, 2.75) is 6.54 Å². The van der Waals surface area contributed by atoms with Crippen LogP contribution in [0.15, 0.2) is 213 Å². The van der Waals surface area contributed by atoms with E-state index in [0.29, 0.717) is 18.2 Å². The van der Waals surface area contributed by atoms with Crippen LogP contribution in [0.25, 0.3) is 103 Å². The number of thiophene rings is 1. The van der Waals surface area contributed by atoms with E-state index >= 15 is 0 Å². The maximum Gasteiger partial charge on any atom is 0.157 e. The molecule has 0 unspecified atom stereocenters. The zero-order valence-electron chi connectivity index (χ0n) is 34.3. The highest BCUT2D eigenvalue weighted by molar-refractivity contribution is 7.26. The molecule has 302 valence electrons. The van der Waals surface area contributed by atoms with E-state index in [9.17, 15) is 0 Å². The fourth-order valence-corrected chi connectivity index (χ4v) is 10.8. The standard InChI is InChI=1S/C57H36N4O2S/c58-56(60-57(59-33-34-13-2-1-3-14-34)36-27-29-41-40-17-6-9-23-47(40)63-50(41)32-36)42-19-10-24-49-53(42)43-31-35(28-30-48(43)62-49)37-18-11-25-51-54(37)55-46(22-12-26-52(55)64-51)61-44-20-7-4-15-38(44)39-16-5-8-21-45(39)61/h1-32H,33H2,(H2,58,59,60). The van der Waals surface area contributed by atoms with E-state index in [-0.39, 0.29) is 0 Å². The molecule has 2 N–H and O–H groups in total. The Morgan fingerprint density at radius 3 is 1.98 bits per heavy atom. The van der Waals surface area contributed by atoms with Crippen molar-refractivity contribution in [2.75, 3.05) is 0 Å². The van der Waals surface area contributed by atoms with Crippen molar-refractivity contribution in [1.29, 1.82) is 0 Å². The second kappa shape index (κ2) is 14.4. The summed E-state index contributed by atoms with van der Waals surface area (Å²) in [5.41, 5.74) is 18.7. The lowest BCUT2D eigenvalue weighted by atomic mass is 9.96. The van der Waals surface area contributed by atoms with Gasteiger partial charge in [-0.2, -0.15) is 0 Å². The van der Waals surface area contributed by atoms with E-state index in [2.05, 4.69) is 132 Å². The van der Waals surface area contributed by atoms with E-state index < -0.39 is 0 Å². The number of hydrogen-bond acceptors (Lipinski definition) is 4. The molecule has 7 heteroatoms. The van der Waals surface area contributed by atoms with Crippen molar-refractivity contribution in [3.8, 4) is 16.8 Å². The normalized spacial score (nSPS) is 12.7. The molecule has 6 nitrogen and oxygen atoms in total. The fraction of sp³-hybridized carbons (Fsp3) is 0.0175. The predicted octanol–water partition coefficient (Wildman–Crippen LogP) is 15.0. The number of furan rings is 2. The highest BCUT2D eigenvalue weighted by Gasteiger charge is 2.21. The molecule has 0 aliphatic heterocycles. The van der Waals surface area contributed by atoms with Crippen molar-refractivity contribution in [3.63, 3.8) is 0 Å². The molecule has 0 fully saturated rings. The van der Waals surface area contributed by atoms with Crippen LogP contribution in [0.2, 0.25) is 0 Å². The van der Waals surface area contributed by atoms with Gasteiger partial charge in [0, 0.05) is 63.6 Å². The van der Waals surface area contributed by atoms with Gasteiger partial charge in [0.25, 0.3) is 0 Å². The van der Waals surface area contributed by atoms with Gasteiger partial charge in [0.05, 0.1) is 23.3 Å². The Hall–Kier alpha value is -8.26. The first kappa shape index (κ1) is 36.4. The number of nitrogens with two attached hydrogens (primary N) is 1. The van der Waals surface area contributed by atoms with Crippen LogP contribution in [-0.2, 0) is 6.54 Å². The third kappa shape index (κ3) is 5.71. The summed E-state index contributed by atoms with van der Waals surface area (Å²) in [6.45, 7) is 0.439. The number of amidine groups is 2. The lowest BCUT2D eigenvalue weighted by Gasteiger charge is -2.12. The first-order chi connectivity index (χ1) is 31.6. The Kier molecular flexibility index (Phi) is 8.20. The van der Waals surface area contributed by atoms with Crippen LogP contribution in [-0.4, -0.2) is 16.2 Å². The summed E-state index contributed by atoms with van der Waals surface area (Å²) < 4.78 is 17.8. The largest absolute Gasteiger partial charge is 0.456 e. The van der Waals surface area contributed by atoms with Crippen LogP contribution in [0, 0.1) is 0 Å². The SMILES string of the molecule is NC(=NC(=NCc1ccccc1)c1ccc2c(c1)oc1ccccc12)c1cccc2oc3ccc(-c4cccc5sc6cccc(-n7c8ccccc8c8ccccc87)c6c45)cc3c12. The molecular formula is C57H36N4O2S. The fourth-order valence-electron chi connectivity index (χ4n) is 9.65. The van der Waals surface area contributed by atoms with Crippen LogP contribution in [0.1, 0.15) is 16.7 Å². The summed E-state index contributed by atoms with van der Waals surface area (Å²) in [5, 5.41) is 8.94. The van der Waals surface area contributed by atoms with Crippen LogP contribution >= 0.6 is 11.3 Å². The molecule has 0 amide bonds. The molecule has 0 radical (unpaired) electrons. The Bertz CT molecular complexity index is 4020. The maximum atomic E-state index is 7.11. The smallest absolute Gasteiger partial charge is 0.157 e. The molecule has 4 heterocycles. The molecule has 0 aliphatic carbocycles. The van der Waals surface area contributed by atoms with Crippen LogP contribution in [0.4, 0.5) is 0 Å². The van der Waals surface area contributed by atoms with Gasteiger partial charge in [-0.15, -0.1) is 11.3 Å². The minimum absolute atomic E-state index is 0.344. The molecule has 0 atom stereocenters. The van der Waals surface area contributed by atoms with Crippen LogP contribution in [0.5, 0.6) is 0 Å². The molecule has 0 saturated carbocycles. The van der Waals surface area contributed by atoms with Gasteiger partial charge in [0.1, 0.15) is 28.2 Å². The zero-order chi connectivity index (χ0) is 42.3. The van der Waals surface area contributed by atoms with E-state index in [1.165, 1.54) is 47.7 Å². The highest BCUT2D eigenvalue weighted by atomic mass is 32.1. The molecule has 13 rings (SSSR count). The van der Waals surface area contributed by atoms with Gasteiger partial charge in [0.2, 0.25) is 0 Å². The van der Waals surface area contributed by atoms with Gasteiger partial charge in [-0.3, -0.25) is 4.99 Å². The quantitative estimate of drug-likeness (QED) is 0.134. The molecule has 0 bridgehead atoms. The van der Waals surface area contributed by atoms with Gasteiger partial charge in [-0.1, -0.05) is 127 Å². The highest BCUT2D eigenvalue weighted by Crippen LogP contribution is 2.45. The van der Waals surface area contributed by atoms with Crippen LogP contribution in [0.3, 0.4) is 0 Å². The molecule has 4 aromatic heterocycles. The topological polar surface area (TPSA) is 81.9 Å². The number of rotatable bonds is 6. The summed E-state index contributed by atoms with van der Waals surface area (Å²) in [6, 6.07) is 67.6. The van der Waals surface area contributed by atoms with E-state index in [4.69, 9.17) is 24.6 Å². The van der Waals surface area contributed by atoms with Crippen molar-refractivity contribution in [2.24, 2.45) is 15.7 Å². The average Bonchev–Trinajstić information content (AvgIpc) is 4.11. The van der Waals surface area contributed by atoms with Crippen LogP contribution < -0.4 is 5.73 Å². The number of hydrogen-bond donors (Lipinski definition) is 1. The number of fused-ring (bicyclic) bond motifs is 12. The van der Waals surface area contributed by atoms with Crippen molar-refractivity contribution < 1.29 is 8.83 Å². The molecule has 13 aromatic rings. The number of nitrogens with zero attached hydrogens (tertiary/aromatic N) is 3. The minimum Gasteiger partial charge on any atom is -0.456 e. The number of benzene rings is 9. The summed E-state index contributed by atoms with van der Waals surface area (Å²) >= 11 is 1.83. The molecule has 0 aliphatic rings.